The van der Waals surface area contributed by atoms with Crippen molar-refractivity contribution in [3.8, 4) is 5.75 Å². The second-order valence-electron chi connectivity index (χ2n) is 9.70. The van der Waals surface area contributed by atoms with Crippen molar-refractivity contribution in [2.24, 2.45) is 11.8 Å². The fourth-order valence-corrected chi connectivity index (χ4v) is 5.55. The Hall–Kier alpha value is -2.91. The molecule has 8 heteroatoms. The maximum Gasteiger partial charge on any atom is 0.137 e. The van der Waals surface area contributed by atoms with Crippen molar-refractivity contribution in [2.45, 2.75) is 37.5 Å². The van der Waals surface area contributed by atoms with E-state index in [1.165, 1.54) is 6.07 Å². The van der Waals surface area contributed by atoms with Crippen molar-refractivity contribution in [3.63, 3.8) is 0 Å². The lowest BCUT2D eigenvalue weighted by Crippen LogP contribution is -2.43. The summed E-state index contributed by atoms with van der Waals surface area (Å²) < 4.78 is 33.6. The molecule has 1 aliphatic rings. The number of fused-ring (bicyclic) bond motifs is 1. The van der Waals surface area contributed by atoms with Crippen molar-refractivity contribution in [2.75, 3.05) is 26.8 Å². The number of rotatable bonds is 10. The summed E-state index contributed by atoms with van der Waals surface area (Å²) in [6.07, 6.45) is 2.54. The molecule has 0 amide bonds. The van der Waals surface area contributed by atoms with Gasteiger partial charge in [-0.15, -0.1) is 6.58 Å². The average molecular weight is 513 g/mol. The highest BCUT2D eigenvalue weighted by molar-refractivity contribution is 5.83. The van der Waals surface area contributed by atoms with Crippen LogP contribution in [0.3, 0.4) is 0 Å². The van der Waals surface area contributed by atoms with Gasteiger partial charge in [0, 0.05) is 24.1 Å². The number of methoxy groups -OCH3 is 1. The van der Waals surface area contributed by atoms with Crippen LogP contribution in [0.5, 0.6) is 5.75 Å². The number of likely N-dealkylation sites (tertiary alicyclic amines) is 1. The minimum Gasteiger partial charge on any atom is -0.495 e. The minimum atomic E-state index is -1.13. The highest BCUT2D eigenvalue weighted by Crippen LogP contribution is 2.38. The lowest BCUT2D eigenvalue weighted by atomic mass is 9.78. The first-order valence-electron chi connectivity index (χ1n) is 12.6. The Morgan fingerprint density at radius 3 is 2.70 bits per heavy atom. The van der Waals surface area contributed by atoms with Crippen LogP contribution in [0.1, 0.15) is 42.5 Å². The Kier molecular flexibility index (Phi) is 8.87. The van der Waals surface area contributed by atoms with E-state index >= 15 is 0 Å². The first-order chi connectivity index (χ1) is 17.9. The Balaban J connectivity index is 1.50. The lowest BCUT2D eigenvalue weighted by Gasteiger charge is -2.42. The third-order valence-electron chi connectivity index (χ3n) is 7.51. The van der Waals surface area contributed by atoms with Crippen LogP contribution in [-0.2, 0) is 0 Å². The van der Waals surface area contributed by atoms with Crippen molar-refractivity contribution in [1.29, 1.82) is 0 Å². The van der Waals surface area contributed by atoms with Gasteiger partial charge in [0.25, 0.3) is 0 Å². The normalized spacial score (nSPS) is 20.9. The number of aliphatic hydroxyl groups excluding tert-OH is 3. The number of nitrogens with zero attached hydrogens (tertiary/aromatic N) is 2. The molecule has 2 aromatic carbocycles. The van der Waals surface area contributed by atoms with Crippen LogP contribution >= 0.6 is 0 Å². The summed E-state index contributed by atoms with van der Waals surface area (Å²) >= 11 is 0. The van der Waals surface area contributed by atoms with Gasteiger partial charge in [-0.25, -0.2) is 8.78 Å². The molecule has 6 nitrogen and oxygen atoms in total. The quantitative estimate of drug-likeness (QED) is 0.346. The van der Waals surface area contributed by atoms with Crippen LogP contribution < -0.4 is 4.74 Å². The smallest absolute Gasteiger partial charge is 0.137 e. The monoisotopic (exact) mass is 512 g/mol. The Bertz CT molecular complexity index is 1220. The van der Waals surface area contributed by atoms with E-state index in [1.54, 1.807) is 37.6 Å². The van der Waals surface area contributed by atoms with E-state index in [9.17, 15) is 24.1 Å². The fraction of sp³-hybridized carbons (Fsp3) is 0.414. The Morgan fingerprint density at radius 1 is 1.16 bits per heavy atom. The van der Waals surface area contributed by atoms with Gasteiger partial charge in [-0.2, -0.15) is 0 Å². The van der Waals surface area contributed by atoms with Crippen molar-refractivity contribution < 1.29 is 28.8 Å². The summed E-state index contributed by atoms with van der Waals surface area (Å²) in [5.41, 5.74) is 1.49. The topological polar surface area (TPSA) is 86.1 Å². The SMILES string of the molecule is C=CC(c1cc(F)ccc1F)N1CC[C@@H](C[C@@H](O)[C@H](O)c2cccc3ncc(OC)cc23)[C@@H](CCO)C1. The molecule has 5 atom stereocenters. The molecular formula is C29H34F2N2O4. The van der Waals surface area contributed by atoms with Crippen molar-refractivity contribution in [1.82, 2.24) is 9.88 Å². The number of ether oxygens (including phenoxy) is 1. The number of aliphatic hydroxyl groups is 3. The summed E-state index contributed by atoms with van der Waals surface area (Å²) in [7, 11) is 1.55. The van der Waals surface area contributed by atoms with E-state index in [0.29, 0.717) is 54.6 Å². The summed E-state index contributed by atoms with van der Waals surface area (Å²) in [6, 6.07) is 10.1. The van der Waals surface area contributed by atoms with E-state index < -0.39 is 29.9 Å². The number of pyridine rings is 1. The molecule has 2 heterocycles. The summed E-state index contributed by atoms with van der Waals surface area (Å²) in [6.45, 7) is 4.92. The standard InChI is InChI=1S/C29H34F2N2O4/c1-3-27(24-14-20(30)7-8-25(24)31)33-11-9-18(19(17-33)10-12-34)13-28(35)29(36)22-5-4-6-26-23(22)15-21(37-2)16-32-26/h3-8,14-16,18-19,27-29,34-36H,1,9-13,17H2,2H3/t18-,19-,27?,28+,29+/m0/s1. The molecule has 0 bridgehead atoms. The molecule has 1 unspecified atom stereocenters. The molecule has 3 N–H and O–H groups in total. The largest absolute Gasteiger partial charge is 0.495 e. The molecule has 0 radical (unpaired) electrons. The highest BCUT2D eigenvalue weighted by atomic mass is 19.1. The summed E-state index contributed by atoms with van der Waals surface area (Å²) in [5.74, 6) is -0.425. The van der Waals surface area contributed by atoms with E-state index in [-0.39, 0.29) is 24.0 Å². The zero-order chi connectivity index (χ0) is 26.5. The first-order valence-corrected chi connectivity index (χ1v) is 12.6. The van der Waals surface area contributed by atoms with Crippen molar-refractivity contribution >= 4 is 10.9 Å². The van der Waals surface area contributed by atoms with Gasteiger partial charge in [-0.05, 0) is 73.5 Å². The number of aromatic nitrogens is 1. The average Bonchev–Trinajstić information content (AvgIpc) is 2.91. The zero-order valence-corrected chi connectivity index (χ0v) is 20.9. The molecule has 0 spiro atoms. The minimum absolute atomic E-state index is 0.00560. The van der Waals surface area contributed by atoms with Gasteiger partial charge < -0.3 is 20.1 Å². The predicted molar refractivity (Wildman–Crippen MR) is 138 cm³/mol. The second kappa shape index (κ2) is 12.1. The number of hydrogen-bond donors (Lipinski definition) is 3. The maximum atomic E-state index is 14.5. The van der Waals surface area contributed by atoms with Gasteiger partial charge >= 0.3 is 0 Å². The molecule has 1 aliphatic heterocycles. The van der Waals surface area contributed by atoms with Crippen LogP contribution in [-0.4, -0.2) is 58.1 Å². The van der Waals surface area contributed by atoms with Gasteiger partial charge in [-0.3, -0.25) is 9.88 Å². The van der Waals surface area contributed by atoms with Crippen LogP contribution in [0, 0.1) is 23.5 Å². The number of halogens is 2. The molecule has 1 fully saturated rings. The van der Waals surface area contributed by atoms with Gasteiger partial charge in [0.2, 0.25) is 0 Å². The second-order valence-corrected chi connectivity index (χ2v) is 9.70. The fourth-order valence-electron chi connectivity index (χ4n) is 5.55. The highest BCUT2D eigenvalue weighted by Gasteiger charge is 2.35. The third-order valence-corrected chi connectivity index (χ3v) is 7.51. The van der Waals surface area contributed by atoms with Crippen LogP contribution in [0.4, 0.5) is 8.78 Å². The molecule has 0 saturated carbocycles. The van der Waals surface area contributed by atoms with Gasteiger partial charge in [0.05, 0.1) is 31.0 Å². The number of benzene rings is 2. The number of piperidine rings is 1. The summed E-state index contributed by atoms with van der Waals surface area (Å²) in [5, 5.41) is 32.6. The van der Waals surface area contributed by atoms with E-state index in [0.717, 1.165) is 12.1 Å². The van der Waals surface area contributed by atoms with Crippen LogP contribution in [0.15, 0.2) is 61.3 Å². The Labute approximate surface area is 215 Å². The molecule has 1 aromatic heterocycles. The molecule has 4 rings (SSSR count). The van der Waals surface area contributed by atoms with E-state index in [2.05, 4.69) is 11.6 Å². The van der Waals surface area contributed by atoms with Gasteiger partial charge in [0.15, 0.2) is 0 Å². The number of hydrogen-bond acceptors (Lipinski definition) is 6. The van der Waals surface area contributed by atoms with Gasteiger partial charge in [0.1, 0.15) is 23.5 Å². The Morgan fingerprint density at radius 2 is 1.97 bits per heavy atom. The maximum absolute atomic E-state index is 14.5. The zero-order valence-electron chi connectivity index (χ0n) is 20.9. The molecular weight excluding hydrogens is 478 g/mol. The molecule has 198 valence electrons. The molecule has 1 saturated heterocycles. The van der Waals surface area contributed by atoms with E-state index in [1.807, 2.05) is 11.0 Å². The molecule has 37 heavy (non-hydrogen) atoms. The van der Waals surface area contributed by atoms with Gasteiger partial charge in [-0.1, -0.05) is 18.2 Å². The van der Waals surface area contributed by atoms with E-state index in [4.69, 9.17) is 4.74 Å². The first kappa shape index (κ1) is 27.1. The third kappa shape index (κ3) is 5.99. The molecule has 0 aliphatic carbocycles. The van der Waals surface area contributed by atoms with Crippen molar-refractivity contribution in [3.05, 3.63) is 84.1 Å². The molecule has 3 aromatic rings. The van der Waals surface area contributed by atoms with Crippen LogP contribution in [0.2, 0.25) is 0 Å². The lowest BCUT2D eigenvalue weighted by molar-refractivity contribution is -0.0174. The predicted octanol–water partition coefficient (Wildman–Crippen LogP) is 4.55. The van der Waals surface area contributed by atoms with Crippen LogP contribution in [0.25, 0.3) is 10.9 Å². The summed E-state index contributed by atoms with van der Waals surface area (Å²) in [4.78, 5) is 6.40.